The van der Waals surface area contributed by atoms with E-state index in [-0.39, 0.29) is 5.91 Å². The van der Waals surface area contributed by atoms with Crippen LogP contribution >= 0.6 is 23.2 Å². The Morgan fingerprint density at radius 3 is 1.87 bits per heavy atom. The summed E-state index contributed by atoms with van der Waals surface area (Å²) in [6, 6.07) is 7.89. The molecule has 2 aromatic rings. The van der Waals surface area contributed by atoms with Crippen LogP contribution in [0.3, 0.4) is 0 Å². The summed E-state index contributed by atoms with van der Waals surface area (Å²) in [7, 11) is 4.46. The molecule has 0 fully saturated rings. The number of carbonyl (C=O) groups excluding carboxylic acids is 1. The Morgan fingerprint density at radius 2 is 1.35 bits per heavy atom. The molecule has 5 nitrogen and oxygen atoms in total. The van der Waals surface area contributed by atoms with Gasteiger partial charge in [0.1, 0.15) is 5.75 Å². The molecule has 0 radical (unpaired) electrons. The third-order valence-electron chi connectivity index (χ3n) is 3.07. The summed E-state index contributed by atoms with van der Waals surface area (Å²) >= 11 is 11.9. The minimum atomic E-state index is -0.388. The van der Waals surface area contributed by atoms with Gasteiger partial charge in [0.25, 0.3) is 5.91 Å². The number of benzene rings is 2. The van der Waals surface area contributed by atoms with Crippen LogP contribution in [0.2, 0.25) is 10.0 Å². The van der Waals surface area contributed by atoms with Crippen molar-refractivity contribution in [2.75, 3.05) is 26.6 Å². The van der Waals surface area contributed by atoms with Crippen LogP contribution < -0.4 is 19.5 Å². The molecule has 2 aromatic carbocycles. The first-order valence-electron chi connectivity index (χ1n) is 6.56. The highest BCUT2D eigenvalue weighted by atomic mass is 35.5. The highest BCUT2D eigenvalue weighted by Gasteiger charge is 2.18. The summed E-state index contributed by atoms with van der Waals surface area (Å²) in [6.07, 6.45) is 0. The van der Waals surface area contributed by atoms with E-state index in [4.69, 9.17) is 37.4 Å². The SMILES string of the molecule is COc1cc(OC)c(C(=O)Nc2cc(Cl)cc(Cl)c2)cc1OC. The molecule has 0 heterocycles. The van der Waals surface area contributed by atoms with E-state index in [1.807, 2.05) is 0 Å². The Hall–Kier alpha value is -2.11. The highest BCUT2D eigenvalue weighted by molar-refractivity contribution is 6.35. The zero-order valence-electron chi connectivity index (χ0n) is 12.8. The number of methoxy groups -OCH3 is 3. The van der Waals surface area contributed by atoms with Crippen molar-refractivity contribution in [3.05, 3.63) is 45.9 Å². The van der Waals surface area contributed by atoms with Gasteiger partial charge in [-0.15, -0.1) is 0 Å². The van der Waals surface area contributed by atoms with Crippen molar-refractivity contribution >= 4 is 34.8 Å². The van der Waals surface area contributed by atoms with Crippen molar-refractivity contribution in [2.45, 2.75) is 0 Å². The Bertz CT molecular complexity index is 714. The smallest absolute Gasteiger partial charge is 0.259 e. The maximum atomic E-state index is 12.5. The monoisotopic (exact) mass is 355 g/mol. The molecule has 0 aromatic heterocycles. The lowest BCUT2D eigenvalue weighted by molar-refractivity contribution is 0.102. The van der Waals surface area contributed by atoms with E-state index in [1.54, 1.807) is 30.3 Å². The van der Waals surface area contributed by atoms with Crippen LogP contribution in [0.25, 0.3) is 0 Å². The second-order valence-electron chi connectivity index (χ2n) is 4.52. The Kier molecular flexibility index (Phi) is 5.58. The van der Waals surface area contributed by atoms with Gasteiger partial charge in [-0.3, -0.25) is 4.79 Å². The van der Waals surface area contributed by atoms with Crippen molar-refractivity contribution in [1.29, 1.82) is 0 Å². The first-order chi connectivity index (χ1) is 11.0. The van der Waals surface area contributed by atoms with Gasteiger partial charge in [0, 0.05) is 27.9 Å². The van der Waals surface area contributed by atoms with Gasteiger partial charge in [-0.05, 0) is 18.2 Å². The summed E-state index contributed by atoms with van der Waals surface area (Å²) in [5.74, 6) is 0.851. The fourth-order valence-corrected chi connectivity index (χ4v) is 2.56. The zero-order valence-corrected chi connectivity index (χ0v) is 14.3. The summed E-state index contributed by atoms with van der Waals surface area (Å²) in [4.78, 5) is 12.5. The van der Waals surface area contributed by atoms with Gasteiger partial charge in [0.15, 0.2) is 11.5 Å². The molecular formula is C16H15Cl2NO4. The Balaban J connectivity index is 2.38. The van der Waals surface area contributed by atoms with Gasteiger partial charge in [0.2, 0.25) is 0 Å². The highest BCUT2D eigenvalue weighted by Crippen LogP contribution is 2.35. The molecular weight excluding hydrogens is 341 g/mol. The Morgan fingerprint density at radius 1 is 0.826 bits per heavy atom. The average molecular weight is 356 g/mol. The van der Waals surface area contributed by atoms with Crippen LogP contribution in [-0.2, 0) is 0 Å². The van der Waals surface area contributed by atoms with Crippen LogP contribution in [0.15, 0.2) is 30.3 Å². The molecule has 2 rings (SSSR count). The normalized spacial score (nSPS) is 10.1. The number of ether oxygens (including phenoxy) is 3. The topological polar surface area (TPSA) is 56.8 Å². The molecule has 0 atom stereocenters. The molecule has 0 aliphatic carbocycles. The van der Waals surface area contributed by atoms with Crippen LogP contribution in [0.5, 0.6) is 17.2 Å². The first-order valence-corrected chi connectivity index (χ1v) is 7.31. The number of hydrogen-bond acceptors (Lipinski definition) is 4. The maximum absolute atomic E-state index is 12.5. The van der Waals surface area contributed by atoms with E-state index in [0.717, 1.165) is 0 Å². The van der Waals surface area contributed by atoms with Crippen LogP contribution in [0.4, 0.5) is 5.69 Å². The standard InChI is InChI=1S/C16H15Cl2NO4/c1-21-13-8-15(23-3)14(22-2)7-12(13)16(20)19-11-5-9(17)4-10(18)6-11/h4-8H,1-3H3,(H,19,20). The average Bonchev–Trinajstić information content (AvgIpc) is 2.52. The molecule has 0 bridgehead atoms. The Labute approximate surface area is 144 Å². The summed E-state index contributed by atoms with van der Waals surface area (Å²) in [5.41, 5.74) is 0.769. The molecule has 7 heteroatoms. The molecule has 23 heavy (non-hydrogen) atoms. The number of amides is 1. The van der Waals surface area contributed by atoms with Crippen molar-refractivity contribution < 1.29 is 19.0 Å². The second-order valence-corrected chi connectivity index (χ2v) is 5.39. The van der Waals surface area contributed by atoms with E-state index in [2.05, 4.69) is 5.32 Å². The van der Waals surface area contributed by atoms with Crippen LogP contribution in [-0.4, -0.2) is 27.2 Å². The molecule has 0 unspecified atom stereocenters. The van der Waals surface area contributed by atoms with E-state index in [0.29, 0.717) is 38.5 Å². The molecule has 0 saturated carbocycles. The zero-order chi connectivity index (χ0) is 17.0. The molecule has 0 aliphatic heterocycles. The molecule has 0 spiro atoms. The third kappa shape index (κ3) is 4.00. The van der Waals surface area contributed by atoms with Gasteiger partial charge in [-0.2, -0.15) is 0 Å². The van der Waals surface area contributed by atoms with Crippen molar-refractivity contribution in [3.8, 4) is 17.2 Å². The molecule has 1 amide bonds. The number of carbonyl (C=O) groups is 1. The maximum Gasteiger partial charge on any atom is 0.259 e. The third-order valence-corrected chi connectivity index (χ3v) is 3.51. The van der Waals surface area contributed by atoms with Gasteiger partial charge in [-0.25, -0.2) is 0 Å². The van der Waals surface area contributed by atoms with Crippen molar-refractivity contribution in [1.82, 2.24) is 0 Å². The number of anilines is 1. The molecule has 1 N–H and O–H groups in total. The van der Waals surface area contributed by atoms with Crippen molar-refractivity contribution in [2.24, 2.45) is 0 Å². The van der Waals surface area contributed by atoms with E-state index < -0.39 is 0 Å². The van der Waals surface area contributed by atoms with Gasteiger partial charge in [-0.1, -0.05) is 23.2 Å². The number of rotatable bonds is 5. The quantitative estimate of drug-likeness (QED) is 0.869. The van der Waals surface area contributed by atoms with Crippen LogP contribution in [0.1, 0.15) is 10.4 Å². The fourth-order valence-electron chi connectivity index (χ4n) is 2.03. The van der Waals surface area contributed by atoms with Gasteiger partial charge >= 0.3 is 0 Å². The number of hydrogen-bond donors (Lipinski definition) is 1. The van der Waals surface area contributed by atoms with Gasteiger partial charge in [0.05, 0.1) is 26.9 Å². The fraction of sp³-hybridized carbons (Fsp3) is 0.188. The van der Waals surface area contributed by atoms with Crippen molar-refractivity contribution in [3.63, 3.8) is 0 Å². The first kappa shape index (κ1) is 17.2. The number of nitrogens with one attached hydrogen (secondary N) is 1. The lowest BCUT2D eigenvalue weighted by Gasteiger charge is -2.14. The largest absolute Gasteiger partial charge is 0.496 e. The molecule has 0 saturated heterocycles. The predicted molar refractivity (Wildman–Crippen MR) is 90.5 cm³/mol. The molecule has 0 aliphatic rings. The lowest BCUT2D eigenvalue weighted by atomic mass is 10.1. The summed E-state index contributed by atoms with van der Waals surface area (Å²) in [5, 5.41) is 3.57. The van der Waals surface area contributed by atoms with E-state index in [1.165, 1.54) is 21.3 Å². The summed E-state index contributed by atoms with van der Waals surface area (Å²) < 4.78 is 15.6. The van der Waals surface area contributed by atoms with Gasteiger partial charge < -0.3 is 19.5 Å². The van der Waals surface area contributed by atoms with E-state index >= 15 is 0 Å². The van der Waals surface area contributed by atoms with E-state index in [9.17, 15) is 4.79 Å². The van der Waals surface area contributed by atoms with Crippen LogP contribution in [0, 0.1) is 0 Å². The second kappa shape index (κ2) is 7.44. The minimum absolute atomic E-state index is 0.293. The minimum Gasteiger partial charge on any atom is -0.496 e. The number of halogens is 2. The summed E-state index contributed by atoms with van der Waals surface area (Å²) in [6.45, 7) is 0. The molecule has 122 valence electrons. The lowest BCUT2D eigenvalue weighted by Crippen LogP contribution is -2.13. The predicted octanol–water partition coefficient (Wildman–Crippen LogP) is 4.27.